The number of hydrogen-bond acceptors (Lipinski definition) is 4. The van der Waals surface area contributed by atoms with Gasteiger partial charge in [0, 0.05) is 6.54 Å². The zero-order valence-corrected chi connectivity index (χ0v) is 13.9. The fraction of sp³-hybridized carbons (Fsp3) is 0.938. The predicted octanol–water partition coefficient (Wildman–Crippen LogP) is 2.54. The third-order valence-corrected chi connectivity index (χ3v) is 4.14. The molecule has 2 aliphatic rings. The summed E-state index contributed by atoms with van der Waals surface area (Å²) in [6, 6.07) is 0. The molecule has 2 rings (SSSR count). The molecular formula is C16H30N2O3. The summed E-state index contributed by atoms with van der Waals surface area (Å²) in [5.74, 6) is 0. The Kier molecular flexibility index (Phi) is 5.15. The first-order chi connectivity index (χ1) is 9.77. The Bertz CT molecular complexity index is 359. The van der Waals surface area contributed by atoms with Crippen LogP contribution in [0.2, 0.25) is 0 Å². The summed E-state index contributed by atoms with van der Waals surface area (Å²) < 4.78 is 11.8. The largest absolute Gasteiger partial charge is 0.444 e. The highest BCUT2D eigenvalue weighted by atomic mass is 16.6. The second-order valence-electron chi connectivity index (χ2n) is 7.51. The van der Waals surface area contributed by atoms with Crippen LogP contribution in [-0.2, 0) is 9.47 Å². The zero-order valence-electron chi connectivity index (χ0n) is 13.9. The van der Waals surface area contributed by atoms with E-state index in [2.05, 4.69) is 12.2 Å². The number of amides is 1. The van der Waals surface area contributed by atoms with Crippen LogP contribution in [0.15, 0.2) is 0 Å². The molecule has 21 heavy (non-hydrogen) atoms. The summed E-state index contributed by atoms with van der Waals surface area (Å²) >= 11 is 0. The SMILES string of the molecule is CC(C)(C)OC(=O)N1CCCC(OC2(C)CCNCC2)C1. The van der Waals surface area contributed by atoms with Crippen LogP contribution in [0.1, 0.15) is 53.4 Å². The predicted molar refractivity (Wildman–Crippen MR) is 82.4 cm³/mol. The van der Waals surface area contributed by atoms with Gasteiger partial charge in [0.2, 0.25) is 0 Å². The Hall–Kier alpha value is -0.810. The number of nitrogens with zero attached hydrogens (tertiary/aromatic N) is 1. The Morgan fingerprint density at radius 3 is 2.57 bits per heavy atom. The molecule has 5 nitrogen and oxygen atoms in total. The molecular weight excluding hydrogens is 268 g/mol. The molecule has 0 aromatic rings. The Balaban J connectivity index is 1.87. The van der Waals surface area contributed by atoms with E-state index in [-0.39, 0.29) is 17.8 Å². The van der Waals surface area contributed by atoms with Gasteiger partial charge in [-0.1, -0.05) is 0 Å². The standard InChI is InChI=1S/C16H30N2O3/c1-15(2,3)21-14(19)18-11-5-6-13(12-18)20-16(4)7-9-17-10-8-16/h13,17H,5-12H2,1-4H3. The fourth-order valence-corrected chi connectivity index (χ4v) is 3.00. The van der Waals surface area contributed by atoms with Crippen LogP contribution in [-0.4, -0.2) is 54.5 Å². The lowest BCUT2D eigenvalue weighted by molar-refractivity contribution is -0.117. The maximum atomic E-state index is 12.2. The molecule has 0 saturated carbocycles. The van der Waals surface area contributed by atoms with Gasteiger partial charge in [-0.2, -0.15) is 0 Å². The van der Waals surface area contributed by atoms with E-state index in [0.717, 1.165) is 45.3 Å². The van der Waals surface area contributed by atoms with Crippen molar-refractivity contribution < 1.29 is 14.3 Å². The molecule has 0 radical (unpaired) electrons. The molecule has 0 spiro atoms. The van der Waals surface area contributed by atoms with Gasteiger partial charge in [0.25, 0.3) is 0 Å². The molecule has 5 heteroatoms. The van der Waals surface area contributed by atoms with Crippen LogP contribution in [0.5, 0.6) is 0 Å². The van der Waals surface area contributed by atoms with Gasteiger partial charge >= 0.3 is 6.09 Å². The summed E-state index contributed by atoms with van der Waals surface area (Å²) in [5, 5.41) is 3.37. The van der Waals surface area contributed by atoms with Gasteiger partial charge in [-0.3, -0.25) is 0 Å². The summed E-state index contributed by atoms with van der Waals surface area (Å²) in [4.78, 5) is 14.0. The number of piperidine rings is 2. The molecule has 1 atom stereocenters. The Labute approximate surface area is 128 Å². The highest BCUT2D eigenvalue weighted by Crippen LogP contribution is 2.27. The molecule has 2 fully saturated rings. The van der Waals surface area contributed by atoms with E-state index < -0.39 is 5.60 Å². The topological polar surface area (TPSA) is 50.8 Å². The van der Waals surface area contributed by atoms with Gasteiger partial charge in [0.1, 0.15) is 5.60 Å². The smallest absolute Gasteiger partial charge is 0.410 e. The lowest BCUT2D eigenvalue weighted by Crippen LogP contribution is -2.50. The molecule has 122 valence electrons. The molecule has 1 amide bonds. The number of likely N-dealkylation sites (tertiary alicyclic amines) is 1. The van der Waals surface area contributed by atoms with Crippen molar-refractivity contribution in [2.75, 3.05) is 26.2 Å². The van der Waals surface area contributed by atoms with Crippen LogP contribution >= 0.6 is 0 Å². The van der Waals surface area contributed by atoms with E-state index >= 15 is 0 Å². The van der Waals surface area contributed by atoms with Gasteiger partial charge in [-0.05, 0) is 66.5 Å². The third kappa shape index (κ3) is 5.15. The van der Waals surface area contributed by atoms with Gasteiger partial charge in [-0.25, -0.2) is 4.79 Å². The number of ether oxygens (including phenoxy) is 2. The molecule has 0 bridgehead atoms. The van der Waals surface area contributed by atoms with Crippen LogP contribution in [0, 0.1) is 0 Å². The van der Waals surface area contributed by atoms with Crippen LogP contribution in [0.4, 0.5) is 4.79 Å². The van der Waals surface area contributed by atoms with Crippen molar-refractivity contribution in [3.63, 3.8) is 0 Å². The van der Waals surface area contributed by atoms with Crippen molar-refractivity contribution >= 4 is 6.09 Å². The van der Waals surface area contributed by atoms with E-state index in [1.54, 1.807) is 4.90 Å². The van der Waals surface area contributed by atoms with Crippen molar-refractivity contribution in [1.82, 2.24) is 10.2 Å². The number of rotatable bonds is 2. The van der Waals surface area contributed by atoms with Gasteiger partial charge in [0.15, 0.2) is 0 Å². The normalized spacial score (nSPS) is 26.5. The van der Waals surface area contributed by atoms with Crippen molar-refractivity contribution in [3.8, 4) is 0 Å². The molecule has 0 aromatic carbocycles. The first-order valence-electron chi connectivity index (χ1n) is 8.14. The Morgan fingerprint density at radius 2 is 1.95 bits per heavy atom. The van der Waals surface area contributed by atoms with Crippen molar-refractivity contribution in [2.45, 2.75) is 70.7 Å². The summed E-state index contributed by atoms with van der Waals surface area (Å²) in [5.41, 5.74) is -0.487. The second kappa shape index (κ2) is 6.53. The average molecular weight is 298 g/mol. The number of hydrogen-bond donors (Lipinski definition) is 1. The van der Waals surface area contributed by atoms with Gasteiger partial charge in [0.05, 0.1) is 18.2 Å². The van der Waals surface area contributed by atoms with Crippen LogP contribution in [0.3, 0.4) is 0 Å². The van der Waals surface area contributed by atoms with Crippen LogP contribution < -0.4 is 5.32 Å². The van der Waals surface area contributed by atoms with E-state index in [4.69, 9.17) is 9.47 Å². The molecule has 2 heterocycles. The third-order valence-electron chi connectivity index (χ3n) is 4.14. The maximum Gasteiger partial charge on any atom is 0.410 e. The van der Waals surface area contributed by atoms with Crippen molar-refractivity contribution in [1.29, 1.82) is 0 Å². The molecule has 1 N–H and O–H groups in total. The molecule has 0 aromatic heterocycles. The fourth-order valence-electron chi connectivity index (χ4n) is 3.00. The molecule has 2 saturated heterocycles. The van der Waals surface area contributed by atoms with Crippen molar-refractivity contribution in [2.24, 2.45) is 0 Å². The second-order valence-corrected chi connectivity index (χ2v) is 7.51. The Morgan fingerprint density at radius 1 is 1.29 bits per heavy atom. The van der Waals surface area contributed by atoms with Crippen LogP contribution in [0.25, 0.3) is 0 Å². The first-order valence-corrected chi connectivity index (χ1v) is 8.14. The zero-order chi connectivity index (χ0) is 15.5. The summed E-state index contributed by atoms with van der Waals surface area (Å²) in [6.07, 6.45) is 4.01. The molecule has 1 unspecified atom stereocenters. The monoisotopic (exact) mass is 298 g/mol. The maximum absolute atomic E-state index is 12.2. The minimum atomic E-state index is -0.439. The highest BCUT2D eigenvalue weighted by molar-refractivity contribution is 5.68. The number of nitrogens with one attached hydrogen (secondary N) is 1. The summed E-state index contributed by atoms with van der Waals surface area (Å²) in [6.45, 7) is 11.3. The van der Waals surface area contributed by atoms with E-state index in [9.17, 15) is 4.79 Å². The highest BCUT2D eigenvalue weighted by Gasteiger charge is 2.34. The summed E-state index contributed by atoms with van der Waals surface area (Å²) in [7, 11) is 0. The minimum absolute atomic E-state index is 0.0488. The number of carbonyl (C=O) groups is 1. The lowest BCUT2D eigenvalue weighted by Gasteiger charge is -2.41. The van der Waals surface area contributed by atoms with E-state index in [1.807, 2.05) is 20.8 Å². The first kappa shape index (κ1) is 16.6. The average Bonchev–Trinajstić information content (AvgIpc) is 2.37. The lowest BCUT2D eigenvalue weighted by atomic mass is 9.93. The quantitative estimate of drug-likeness (QED) is 0.851. The van der Waals surface area contributed by atoms with E-state index in [0.29, 0.717) is 6.54 Å². The molecule has 0 aliphatic carbocycles. The van der Waals surface area contributed by atoms with Gasteiger partial charge < -0.3 is 19.7 Å². The van der Waals surface area contributed by atoms with Crippen molar-refractivity contribution in [3.05, 3.63) is 0 Å². The number of carbonyl (C=O) groups excluding carboxylic acids is 1. The minimum Gasteiger partial charge on any atom is -0.444 e. The van der Waals surface area contributed by atoms with E-state index in [1.165, 1.54) is 0 Å². The van der Waals surface area contributed by atoms with Gasteiger partial charge in [-0.15, -0.1) is 0 Å². The molecule has 2 aliphatic heterocycles.